The number of hydrogen-bond donors (Lipinski definition) is 0. The molecule has 0 spiro atoms. The lowest BCUT2D eigenvalue weighted by Gasteiger charge is -2.30. The highest BCUT2D eigenvalue weighted by atomic mass is 32.2. The van der Waals surface area contributed by atoms with Gasteiger partial charge in [0.15, 0.2) is 5.76 Å². The second-order valence-corrected chi connectivity index (χ2v) is 8.43. The zero-order valence-corrected chi connectivity index (χ0v) is 14.2. The Morgan fingerprint density at radius 1 is 1.50 bits per heavy atom. The van der Waals surface area contributed by atoms with Crippen LogP contribution in [0.5, 0.6) is 0 Å². The van der Waals surface area contributed by atoms with Crippen LogP contribution in [0.25, 0.3) is 10.6 Å². The molecular formula is C13H18N4O3S2. The van der Waals surface area contributed by atoms with Gasteiger partial charge < -0.3 is 4.52 Å². The summed E-state index contributed by atoms with van der Waals surface area (Å²) < 4.78 is 35.1. The van der Waals surface area contributed by atoms with Gasteiger partial charge in [-0.3, -0.25) is 0 Å². The van der Waals surface area contributed by atoms with E-state index in [0.717, 1.165) is 29.1 Å². The number of piperidine rings is 1. The minimum Gasteiger partial charge on any atom is -0.355 e. The molecule has 22 heavy (non-hydrogen) atoms. The van der Waals surface area contributed by atoms with Gasteiger partial charge in [0.2, 0.25) is 10.0 Å². The van der Waals surface area contributed by atoms with E-state index in [0.29, 0.717) is 18.8 Å². The summed E-state index contributed by atoms with van der Waals surface area (Å²) in [6.45, 7) is 4.58. The van der Waals surface area contributed by atoms with E-state index in [-0.39, 0.29) is 11.7 Å². The molecule has 0 amide bonds. The van der Waals surface area contributed by atoms with Crippen molar-refractivity contribution in [3.8, 4) is 10.6 Å². The summed E-state index contributed by atoms with van der Waals surface area (Å²) in [5.41, 5.74) is 1.62. The van der Waals surface area contributed by atoms with Crippen molar-refractivity contribution in [2.24, 2.45) is 0 Å². The Hall–Kier alpha value is -1.32. The Morgan fingerprint density at radius 2 is 2.32 bits per heavy atom. The lowest BCUT2D eigenvalue weighted by atomic mass is 9.95. The average Bonchev–Trinajstić information content (AvgIpc) is 3.15. The molecule has 120 valence electrons. The lowest BCUT2D eigenvalue weighted by molar-refractivity contribution is 0.313. The van der Waals surface area contributed by atoms with E-state index >= 15 is 0 Å². The summed E-state index contributed by atoms with van der Waals surface area (Å²) in [6.07, 6.45) is 1.73. The fourth-order valence-electron chi connectivity index (χ4n) is 2.71. The molecule has 1 aliphatic heterocycles. The second-order valence-electron chi connectivity index (χ2n) is 5.42. The molecule has 0 bridgehead atoms. The summed E-state index contributed by atoms with van der Waals surface area (Å²) in [7, 11) is -3.17. The zero-order chi connectivity index (χ0) is 15.7. The van der Waals surface area contributed by atoms with Crippen LogP contribution in [0.15, 0.2) is 10.6 Å². The van der Waals surface area contributed by atoms with Gasteiger partial charge in [-0.25, -0.2) is 12.7 Å². The maximum atomic E-state index is 12.1. The summed E-state index contributed by atoms with van der Waals surface area (Å²) in [6, 6.07) is 1.85. The van der Waals surface area contributed by atoms with Crippen molar-refractivity contribution in [2.45, 2.75) is 32.6 Å². The predicted octanol–water partition coefficient (Wildman–Crippen LogP) is 2.03. The van der Waals surface area contributed by atoms with Gasteiger partial charge in [-0.15, -0.1) is 5.10 Å². The van der Waals surface area contributed by atoms with E-state index in [1.165, 1.54) is 11.5 Å². The smallest absolute Gasteiger partial charge is 0.213 e. The Balaban J connectivity index is 1.87. The van der Waals surface area contributed by atoms with Crippen molar-refractivity contribution in [1.82, 2.24) is 19.0 Å². The van der Waals surface area contributed by atoms with Crippen LogP contribution >= 0.6 is 11.5 Å². The summed E-state index contributed by atoms with van der Waals surface area (Å²) in [5.74, 6) is 0.829. The highest BCUT2D eigenvalue weighted by Crippen LogP contribution is 2.36. The van der Waals surface area contributed by atoms with Gasteiger partial charge in [0.05, 0.1) is 17.1 Å². The third-order valence-electron chi connectivity index (χ3n) is 3.89. The zero-order valence-electron chi connectivity index (χ0n) is 12.5. The highest BCUT2D eigenvalue weighted by Gasteiger charge is 2.32. The first kappa shape index (κ1) is 15.6. The molecule has 0 saturated carbocycles. The summed E-state index contributed by atoms with van der Waals surface area (Å²) in [5, 5.41) is 8.12. The first-order chi connectivity index (χ1) is 10.5. The molecule has 2 aromatic rings. The standard InChI is InChI=1S/C13H18N4O3S2/c1-3-22(18,19)17-6-4-5-10(8-17)12-13(21-16-14-12)11-7-9(2)15-20-11/h7,10H,3-6,8H2,1-2H3. The minimum absolute atomic E-state index is 0.0502. The molecule has 0 N–H and O–H groups in total. The summed E-state index contributed by atoms with van der Waals surface area (Å²) in [4.78, 5) is 0.848. The van der Waals surface area contributed by atoms with E-state index in [4.69, 9.17) is 4.52 Å². The molecule has 0 aromatic carbocycles. The maximum absolute atomic E-state index is 12.1. The molecule has 3 rings (SSSR count). The topological polar surface area (TPSA) is 89.2 Å². The Labute approximate surface area is 133 Å². The van der Waals surface area contributed by atoms with Gasteiger partial charge in [-0.2, -0.15) is 0 Å². The normalized spacial score (nSPS) is 20.4. The van der Waals surface area contributed by atoms with Crippen LogP contribution in [0, 0.1) is 6.92 Å². The van der Waals surface area contributed by atoms with Crippen LogP contribution in [0.3, 0.4) is 0 Å². The van der Waals surface area contributed by atoms with Gasteiger partial charge in [-0.05, 0) is 38.2 Å². The van der Waals surface area contributed by atoms with Crippen LogP contribution in [-0.4, -0.2) is 46.3 Å². The molecule has 1 unspecified atom stereocenters. The van der Waals surface area contributed by atoms with Crippen LogP contribution in [-0.2, 0) is 10.0 Å². The Kier molecular flexibility index (Phi) is 4.28. The molecule has 1 fully saturated rings. The molecule has 9 heteroatoms. The monoisotopic (exact) mass is 342 g/mol. The molecule has 1 atom stereocenters. The van der Waals surface area contributed by atoms with E-state index in [1.807, 2.05) is 13.0 Å². The third-order valence-corrected chi connectivity index (χ3v) is 6.50. The van der Waals surface area contributed by atoms with Crippen LogP contribution < -0.4 is 0 Å². The van der Waals surface area contributed by atoms with Crippen molar-refractivity contribution in [1.29, 1.82) is 0 Å². The van der Waals surface area contributed by atoms with Crippen LogP contribution in [0.1, 0.15) is 37.1 Å². The van der Waals surface area contributed by atoms with E-state index in [9.17, 15) is 8.42 Å². The van der Waals surface area contributed by atoms with Crippen molar-refractivity contribution < 1.29 is 12.9 Å². The quantitative estimate of drug-likeness (QED) is 0.844. The second kappa shape index (κ2) is 6.05. The van der Waals surface area contributed by atoms with E-state index < -0.39 is 10.0 Å². The average molecular weight is 342 g/mol. The van der Waals surface area contributed by atoms with Gasteiger partial charge in [0.1, 0.15) is 4.88 Å². The molecule has 3 heterocycles. The number of aryl methyl sites for hydroxylation is 1. The molecule has 0 radical (unpaired) electrons. The van der Waals surface area contributed by atoms with Gasteiger partial charge in [0.25, 0.3) is 0 Å². The molecular weight excluding hydrogens is 324 g/mol. The molecule has 1 saturated heterocycles. The van der Waals surface area contributed by atoms with E-state index in [1.54, 1.807) is 11.2 Å². The van der Waals surface area contributed by atoms with Crippen LogP contribution in [0.4, 0.5) is 0 Å². The van der Waals surface area contributed by atoms with Crippen LogP contribution in [0.2, 0.25) is 0 Å². The molecule has 7 nitrogen and oxygen atoms in total. The van der Waals surface area contributed by atoms with Gasteiger partial charge in [0, 0.05) is 25.1 Å². The number of rotatable bonds is 4. The molecule has 2 aromatic heterocycles. The fourth-order valence-corrected chi connectivity index (χ4v) is 4.58. The molecule has 1 aliphatic rings. The Morgan fingerprint density at radius 3 is 3.00 bits per heavy atom. The van der Waals surface area contributed by atoms with Crippen molar-refractivity contribution in [3.05, 3.63) is 17.5 Å². The van der Waals surface area contributed by atoms with Crippen molar-refractivity contribution in [3.63, 3.8) is 0 Å². The van der Waals surface area contributed by atoms with Gasteiger partial charge >= 0.3 is 0 Å². The number of aromatic nitrogens is 3. The molecule has 0 aliphatic carbocycles. The van der Waals surface area contributed by atoms with E-state index in [2.05, 4.69) is 14.7 Å². The highest BCUT2D eigenvalue weighted by molar-refractivity contribution is 7.89. The Bertz CT molecular complexity index is 753. The minimum atomic E-state index is -3.17. The van der Waals surface area contributed by atoms with Crippen molar-refractivity contribution >= 4 is 21.6 Å². The number of nitrogens with zero attached hydrogens (tertiary/aromatic N) is 4. The third kappa shape index (κ3) is 2.92. The first-order valence-electron chi connectivity index (χ1n) is 7.25. The lowest BCUT2D eigenvalue weighted by Crippen LogP contribution is -2.40. The number of sulfonamides is 1. The summed E-state index contributed by atoms with van der Waals surface area (Å²) >= 11 is 1.26. The first-order valence-corrected chi connectivity index (χ1v) is 9.63. The fraction of sp³-hybridized carbons (Fsp3) is 0.615. The predicted molar refractivity (Wildman–Crippen MR) is 83.2 cm³/mol. The van der Waals surface area contributed by atoms with Gasteiger partial charge in [-0.1, -0.05) is 9.64 Å². The maximum Gasteiger partial charge on any atom is 0.213 e. The number of hydrogen-bond acceptors (Lipinski definition) is 7. The SMILES string of the molecule is CCS(=O)(=O)N1CCCC(c2nnsc2-c2cc(C)no2)C1. The largest absolute Gasteiger partial charge is 0.355 e. The van der Waals surface area contributed by atoms with Crippen molar-refractivity contribution in [2.75, 3.05) is 18.8 Å².